The van der Waals surface area contributed by atoms with Gasteiger partial charge in [-0.05, 0) is 30.3 Å². The van der Waals surface area contributed by atoms with Crippen molar-refractivity contribution >= 4 is 16.7 Å². The van der Waals surface area contributed by atoms with Crippen LogP contribution in [0, 0.1) is 0 Å². The summed E-state index contributed by atoms with van der Waals surface area (Å²) in [5.74, 6) is 3.27. The van der Waals surface area contributed by atoms with E-state index in [2.05, 4.69) is 0 Å². The first-order valence-corrected chi connectivity index (χ1v) is 10.2. The molecule has 0 unspecified atom stereocenters. The highest BCUT2D eigenvalue weighted by Crippen LogP contribution is 2.39. The zero-order chi connectivity index (χ0) is 23.4. The molecule has 0 fully saturated rings. The number of nitrogens with zero attached hydrogens (tertiary/aromatic N) is 1. The summed E-state index contributed by atoms with van der Waals surface area (Å²) >= 11 is 0. The van der Waals surface area contributed by atoms with Crippen LogP contribution >= 0.6 is 0 Å². The van der Waals surface area contributed by atoms with Gasteiger partial charge in [0, 0.05) is 17.7 Å². The largest absolute Gasteiger partial charge is 0.496 e. The first kappa shape index (κ1) is 22.1. The van der Waals surface area contributed by atoms with Crippen molar-refractivity contribution < 1.29 is 28.1 Å². The van der Waals surface area contributed by atoms with Gasteiger partial charge in [0.2, 0.25) is 0 Å². The molecule has 0 aliphatic heterocycles. The fraction of sp³-hybridized carbons (Fsp3) is 0.192. The number of rotatable bonds is 7. The lowest BCUT2D eigenvalue weighted by Crippen LogP contribution is -2.11. The molecule has 0 saturated heterocycles. The van der Waals surface area contributed by atoms with Crippen LogP contribution in [0.3, 0.4) is 0 Å². The number of fused-ring (bicyclic) bond motifs is 1. The maximum atomic E-state index is 6.36. The van der Waals surface area contributed by atoms with Crippen LogP contribution in [0.4, 0.5) is 5.69 Å². The van der Waals surface area contributed by atoms with Crippen molar-refractivity contribution in [1.82, 2.24) is 0 Å². The first-order valence-electron chi connectivity index (χ1n) is 10.2. The molecule has 1 heterocycles. The van der Waals surface area contributed by atoms with Crippen LogP contribution in [-0.2, 0) is 0 Å². The molecule has 4 aromatic rings. The highest BCUT2D eigenvalue weighted by molar-refractivity contribution is 5.89. The Morgan fingerprint density at radius 1 is 0.667 bits per heavy atom. The lowest BCUT2D eigenvalue weighted by Gasteiger charge is -2.15. The SMILES string of the molecule is COc1cc(OC)c2c(=Nc3ccccc3)c(OC)c(-c3ccc(OC)c(OC)c3)oc2c1. The monoisotopic (exact) mass is 447 g/mol. The molecule has 0 aliphatic carbocycles. The summed E-state index contributed by atoms with van der Waals surface area (Å²) in [5.41, 5.74) is 2.03. The van der Waals surface area contributed by atoms with E-state index >= 15 is 0 Å². The van der Waals surface area contributed by atoms with E-state index in [9.17, 15) is 0 Å². The molecule has 0 radical (unpaired) electrons. The molecule has 0 N–H and O–H groups in total. The van der Waals surface area contributed by atoms with Gasteiger partial charge in [-0.25, -0.2) is 4.99 Å². The molecule has 0 bridgehead atoms. The van der Waals surface area contributed by atoms with Crippen molar-refractivity contribution in [2.75, 3.05) is 35.5 Å². The summed E-state index contributed by atoms with van der Waals surface area (Å²) in [7, 11) is 7.95. The van der Waals surface area contributed by atoms with E-state index in [1.165, 1.54) is 0 Å². The maximum Gasteiger partial charge on any atom is 0.188 e. The number of para-hydroxylation sites is 1. The summed E-state index contributed by atoms with van der Waals surface area (Å²) in [5, 5.41) is 1.25. The summed E-state index contributed by atoms with van der Waals surface area (Å²) in [4.78, 5) is 4.90. The summed E-state index contributed by atoms with van der Waals surface area (Å²) in [6.07, 6.45) is 0. The van der Waals surface area contributed by atoms with Crippen LogP contribution in [-0.4, -0.2) is 35.5 Å². The second kappa shape index (κ2) is 9.56. The van der Waals surface area contributed by atoms with Crippen LogP contribution in [0.1, 0.15) is 0 Å². The molecule has 7 heteroatoms. The average molecular weight is 447 g/mol. The van der Waals surface area contributed by atoms with Gasteiger partial charge in [0.1, 0.15) is 22.4 Å². The molecular weight excluding hydrogens is 422 g/mol. The topological polar surface area (TPSA) is 71.7 Å². The second-order valence-electron chi connectivity index (χ2n) is 7.03. The van der Waals surface area contributed by atoms with Crippen LogP contribution in [0.5, 0.6) is 28.7 Å². The van der Waals surface area contributed by atoms with Crippen molar-refractivity contribution in [1.29, 1.82) is 0 Å². The smallest absolute Gasteiger partial charge is 0.188 e. The number of hydrogen-bond acceptors (Lipinski definition) is 7. The Balaban J connectivity index is 2.14. The zero-order valence-corrected chi connectivity index (χ0v) is 19.2. The van der Waals surface area contributed by atoms with Crippen molar-refractivity contribution in [3.05, 3.63) is 66.0 Å². The fourth-order valence-electron chi connectivity index (χ4n) is 3.63. The Labute approximate surface area is 191 Å². The minimum absolute atomic E-state index is 0.460. The van der Waals surface area contributed by atoms with E-state index < -0.39 is 0 Å². The van der Waals surface area contributed by atoms with Gasteiger partial charge in [-0.3, -0.25) is 0 Å². The number of ether oxygens (including phenoxy) is 5. The molecule has 0 spiro atoms. The summed E-state index contributed by atoms with van der Waals surface area (Å²) in [6, 6.07) is 18.7. The lowest BCUT2D eigenvalue weighted by atomic mass is 10.1. The van der Waals surface area contributed by atoms with Crippen LogP contribution in [0.15, 0.2) is 70.1 Å². The van der Waals surface area contributed by atoms with Gasteiger partial charge in [-0.2, -0.15) is 0 Å². The highest BCUT2D eigenvalue weighted by Gasteiger charge is 2.21. The molecule has 0 atom stereocenters. The highest BCUT2D eigenvalue weighted by atomic mass is 16.5. The van der Waals surface area contributed by atoms with E-state index in [-0.39, 0.29) is 0 Å². The second-order valence-corrected chi connectivity index (χ2v) is 7.03. The van der Waals surface area contributed by atoms with Gasteiger partial charge in [0.25, 0.3) is 0 Å². The first-order chi connectivity index (χ1) is 16.1. The molecule has 0 saturated carbocycles. The quantitative estimate of drug-likeness (QED) is 0.379. The van der Waals surface area contributed by atoms with E-state index in [1.54, 1.807) is 47.7 Å². The average Bonchev–Trinajstić information content (AvgIpc) is 2.87. The fourth-order valence-corrected chi connectivity index (χ4v) is 3.63. The molecular formula is C26H25NO6. The predicted octanol–water partition coefficient (Wildman–Crippen LogP) is 5.38. The summed E-state index contributed by atoms with van der Waals surface area (Å²) < 4.78 is 34.2. The Bertz CT molecular complexity index is 1340. The van der Waals surface area contributed by atoms with Crippen LogP contribution < -0.4 is 29.0 Å². The molecule has 33 heavy (non-hydrogen) atoms. The molecule has 170 valence electrons. The summed E-state index contributed by atoms with van der Waals surface area (Å²) in [6.45, 7) is 0. The molecule has 0 amide bonds. The van der Waals surface area contributed by atoms with E-state index in [0.29, 0.717) is 50.8 Å². The van der Waals surface area contributed by atoms with Gasteiger partial charge >= 0.3 is 0 Å². The Morgan fingerprint density at radius 2 is 1.39 bits per heavy atom. The molecule has 0 aliphatic rings. The van der Waals surface area contributed by atoms with Crippen molar-refractivity contribution in [3.8, 4) is 40.1 Å². The number of methoxy groups -OCH3 is 5. The van der Waals surface area contributed by atoms with E-state index in [4.69, 9.17) is 33.1 Å². The van der Waals surface area contributed by atoms with Gasteiger partial charge in [-0.15, -0.1) is 0 Å². The number of benzene rings is 3. The van der Waals surface area contributed by atoms with Crippen LogP contribution in [0.25, 0.3) is 22.3 Å². The molecule has 4 rings (SSSR count). The minimum Gasteiger partial charge on any atom is -0.496 e. The van der Waals surface area contributed by atoms with Crippen LogP contribution in [0.2, 0.25) is 0 Å². The Hall–Kier alpha value is -4.13. The normalized spacial score (nSPS) is 11.4. The maximum absolute atomic E-state index is 6.36. The van der Waals surface area contributed by atoms with Crippen molar-refractivity contribution in [2.45, 2.75) is 0 Å². The predicted molar refractivity (Wildman–Crippen MR) is 126 cm³/mol. The zero-order valence-electron chi connectivity index (χ0n) is 19.2. The minimum atomic E-state index is 0.460. The third-order valence-corrected chi connectivity index (χ3v) is 5.21. The molecule has 7 nitrogen and oxygen atoms in total. The number of hydrogen-bond donors (Lipinski definition) is 0. The molecule has 1 aromatic heterocycles. The van der Waals surface area contributed by atoms with Crippen molar-refractivity contribution in [2.24, 2.45) is 4.99 Å². The van der Waals surface area contributed by atoms with Gasteiger partial charge in [-0.1, -0.05) is 18.2 Å². The molecule has 3 aromatic carbocycles. The van der Waals surface area contributed by atoms with Gasteiger partial charge in [0.05, 0.1) is 46.6 Å². The van der Waals surface area contributed by atoms with Gasteiger partial charge in [0.15, 0.2) is 23.0 Å². The van der Waals surface area contributed by atoms with Gasteiger partial charge < -0.3 is 28.1 Å². The Morgan fingerprint density at radius 3 is 2.03 bits per heavy atom. The van der Waals surface area contributed by atoms with E-state index in [1.807, 2.05) is 48.5 Å². The van der Waals surface area contributed by atoms with E-state index in [0.717, 1.165) is 11.3 Å². The standard InChI is InChI=1S/C26H25NO6/c1-28-18-14-21(31-4)23-22(15-18)33-25(16-11-12-19(29-2)20(13-16)30-3)26(32-5)24(23)27-17-9-7-6-8-10-17/h6-15H,1-5H3. The van der Waals surface area contributed by atoms with Crippen molar-refractivity contribution in [3.63, 3.8) is 0 Å². The third-order valence-electron chi connectivity index (χ3n) is 5.21. The lowest BCUT2D eigenvalue weighted by molar-refractivity contribution is 0.355. The Kier molecular flexibility index (Phi) is 6.40. The third kappa shape index (κ3) is 4.17.